The van der Waals surface area contributed by atoms with Crippen LogP contribution in [-0.2, 0) is 0 Å². The van der Waals surface area contributed by atoms with Crippen LogP contribution in [0.4, 0.5) is 18.9 Å². The summed E-state index contributed by atoms with van der Waals surface area (Å²) < 4.78 is 35.4. The lowest BCUT2D eigenvalue weighted by Crippen LogP contribution is -2.03. The molecule has 0 amide bonds. The Morgan fingerprint density at radius 3 is 2.53 bits per heavy atom. The Bertz CT molecular complexity index is 480. The molecule has 0 radical (unpaired) electrons. The third kappa shape index (κ3) is 4.06. The second-order valence-corrected chi connectivity index (χ2v) is 3.05. The molecular weight excluding hydrogens is 239 g/mol. The molecule has 0 bridgehead atoms. The van der Waals surface area contributed by atoms with E-state index >= 15 is 0 Å². The van der Waals surface area contributed by atoms with E-state index in [1.807, 2.05) is 0 Å². The van der Waals surface area contributed by atoms with Crippen LogP contribution in [0.5, 0.6) is 0 Å². The predicted molar refractivity (Wildman–Crippen MR) is 52.6 cm³/mol. The summed E-state index contributed by atoms with van der Waals surface area (Å²) in [6, 6.07) is 4.50. The average Bonchev–Trinajstić information content (AvgIpc) is 2.25. The number of allylic oxidation sites excluding steroid dienone is 2. The number of carbonyl (C=O) groups is 1. The molecule has 0 unspecified atom stereocenters. The van der Waals surface area contributed by atoms with E-state index in [1.165, 1.54) is 12.1 Å². The molecule has 0 saturated carbocycles. The number of nitro benzene ring substituents is 1. The Hall–Kier alpha value is -2.18. The summed E-state index contributed by atoms with van der Waals surface area (Å²) in [5.74, 6) is -0.939. The Labute approximate surface area is 93.5 Å². The molecule has 0 aliphatic heterocycles. The van der Waals surface area contributed by atoms with Crippen LogP contribution in [0.3, 0.4) is 0 Å². The number of alkyl halides is 3. The molecule has 0 aliphatic rings. The van der Waals surface area contributed by atoms with Gasteiger partial charge in [0.2, 0.25) is 0 Å². The maximum absolute atomic E-state index is 11.8. The number of nitro groups is 1. The van der Waals surface area contributed by atoms with Gasteiger partial charge in [0, 0.05) is 23.8 Å². The van der Waals surface area contributed by atoms with Crippen molar-refractivity contribution in [3.8, 4) is 0 Å². The second kappa shape index (κ2) is 4.77. The molecule has 0 atom stereocenters. The summed E-state index contributed by atoms with van der Waals surface area (Å²) in [4.78, 5) is 20.9. The molecule has 17 heavy (non-hydrogen) atoms. The summed E-state index contributed by atoms with van der Waals surface area (Å²) in [6.07, 6.45) is -4.47. The summed E-state index contributed by atoms with van der Waals surface area (Å²) in [7, 11) is 0. The average molecular weight is 245 g/mol. The first-order valence-corrected chi connectivity index (χ1v) is 4.34. The Morgan fingerprint density at radius 2 is 2.00 bits per heavy atom. The van der Waals surface area contributed by atoms with Gasteiger partial charge in [0.15, 0.2) is 5.78 Å². The smallest absolute Gasteiger partial charge is 0.289 e. The molecule has 1 rings (SSSR count). The van der Waals surface area contributed by atoms with Crippen LogP contribution in [-0.4, -0.2) is 16.9 Å². The van der Waals surface area contributed by atoms with Crippen LogP contribution in [0.1, 0.15) is 10.4 Å². The monoisotopic (exact) mass is 245 g/mol. The molecule has 1 aromatic carbocycles. The van der Waals surface area contributed by atoms with Crippen molar-refractivity contribution in [1.29, 1.82) is 0 Å². The Kier molecular flexibility index (Phi) is 3.62. The zero-order chi connectivity index (χ0) is 13.1. The fourth-order valence-corrected chi connectivity index (χ4v) is 1.04. The van der Waals surface area contributed by atoms with Crippen molar-refractivity contribution in [2.75, 3.05) is 0 Å². The van der Waals surface area contributed by atoms with E-state index in [1.54, 1.807) is 0 Å². The van der Waals surface area contributed by atoms with Crippen LogP contribution in [0.25, 0.3) is 0 Å². The van der Waals surface area contributed by atoms with E-state index < -0.39 is 16.9 Å². The molecule has 0 aromatic heterocycles. The summed E-state index contributed by atoms with van der Waals surface area (Å²) in [5.41, 5.74) is -0.518. The van der Waals surface area contributed by atoms with Gasteiger partial charge in [0.1, 0.15) is 0 Å². The lowest BCUT2D eigenvalue weighted by atomic mass is 10.1. The molecule has 4 nitrogen and oxygen atoms in total. The normalized spacial score (nSPS) is 11.7. The lowest BCUT2D eigenvalue weighted by Gasteiger charge is -1.98. The molecule has 0 fully saturated rings. The van der Waals surface area contributed by atoms with Gasteiger partial charge in [-0.15, -0.1) is 0 Å². The molecule has 0 heterocycles. The highest BCUT2D eigenvalue weighted by Gasteiger charge is 2.22. The van der Waals surface area contributed by atoms with Crippen molar-refractivity contribution in [2.45, 2.75) is 6.18 Å². The largest absolute Gasteiger partial charge is 0.409 e. The van der Waals surface area contributed by atoms with Crippen molar-refractivity contribution >= 4 is 11.5 Å². The van der Waals surface area contributed by atoms with Gasteiger partial charge in [-0.25, -0.2) is 0 Å². The minimum absolute atomic E-state index is 0.167. The number of non-ortho nitro benzene ring substituents is 1. The van der Waals surface area contributed by atoms with Crippen LogP contribution in [0.15, 0.2) is 36.4 Å². The fraction of sp³-hybridized carbons (Fsp3) is 0.100. The molecule has 0 aliphatic carbocycles. The number of benzene rings is 1. The fourth-order valence-electron chi connectivity index (χ4n) is 1.04. The molecule has 0 saturated heterocycles. The number of nitrogens with zero attached hydrogens (tertiary/aromatic N) is 1. The van der Waals surface area contributed by atoms with E-state index in [4.69, 9.17) is 0 Å². The van der Waals surface area contributed by atoms with Crippen LogP contribution < -0.4 is 0 Å². The first kappa shape index (κ1) is 12.9. The summed E-state index contributed by atoms with van der Waals surface area (Å²) in [6.45, 7) is 0. The quantitative estimate of drug-likeness (QED) is 0.356. The highest BCUT2D eigenvalue weighted by atomic mass is 19.4. The van der Waals surface area contributed by atoms with Crippen molar-refractivity contribution in [3.63, 3.8) is 0 Å². The summed E-state index contributed by atoms with van der Waals surface area (Å²) in [5, 5.41) is 10.4. The lowest BCUT2D eigenvalue weighted by molar-refractivity contribution is -0.384. The highest BCUT2D eigenvalue weighted by Crippen LogP contribution is 2.18. The molecular formula is C10H6F3NO3. The van der Waals surface area contributed by atoms with Crippen LogP contribution in [0, 0.1) is 10.1 Å². The van der Waals surface area contributed by atoms with E-state index in [9.17, 15) is 28.1 Å². The van der Waals surface area contributed by atoms with Gasteiger partial charge < -0.3 is 0 Å². The minimum Gasteiger partial charge on any atom is -0.289 e. The van der Waals surface area contributed by atoms with Crippen molar-refractivity contribution in [3.05, 3.63) is 52.1 Å². The van der Waals surface area contributed by atoms with E-state index in [2.05, 4.69) is 0 Å². The molecule has 1 aromatic rings. The van der Waals surface area contributed by atoms with Gasteiger partial charge in [0.05, 0.1) is 4.92 Å². The predicted octanol–water partition coefficient (Wildman–Crippen LogP) is 2.90. The maximum Gasteiger partial charge on any atom is 0.409 e. The second-order valence-electron chi connectivity index (χ2n) is 3.05. The third-order valence-corrected chi connectivity index (χ3v) is 1.77. The van der Waals surface area contributed by atoms with Gasteiger partial charge in [-0.2, -0.15) is 13.2 Å². The zero-order valence-corrected chi connectivity index (χ0v) is 8.27. The Morgan fingerprint density at radius 1 is 1.35 bits per heavy atom. The Balaban J connectivity index is 2.94. The van der Waals surface area contributed by atoms with E-state index in [0.29, 0.717) is 6.08 Å². The highest BCUT2D eigenvalue weighted by molar-refractivity contribution is 6.04. The number of hydrogen-bond acceptors (Lipinski definition) is 3. The minimum atomic E-state index is -4.59. The van der Waals surface area contributed by atoms with Gasteiger partial charge in [-0.3, -0.25) is 14.9 Å². The number of hydrogen-bond donors (Lipinski definition) is 0. The third-order valence-electron chi connectivity index (χ3n) is 1.77. The first-order chi connectivity index (χ1) is 7.79. The van der Waals surface area contributed by atoms with Gasteiger partial charge >= 0.3 is 6.18 Å². The van der Waals surface area contributed by atoms with Gasteiger partial charge in [-0.05, 0) is 6.08 Å². The molecule has 7 heteroatoms. The number of rotatable bonds is 3. The molecule has 0 N–H and O–H groups in total. The molecule has 90 valence electrons. The van der Waals surface area contributed by atoms with Gasteiger partial charge in [-0.1, -0.05) is 12.1 Å². The number of carbonyl (C=O) groups excluding carboxylic acids is 1. The molecule has 0 spiro atoms. The van der Waals surface area contributed by atoms with Gasteiger partial charge in [0.25, 0.3) is 5.69 Å². The first-order valence-electron chi connectivity index (χ1n) is 4.34. The van der Waals surface area contributed by atoms with Crippen LogP contribution >= 0.6 is 0 Å². The van der Waals surface area contributed by atoms with Crippen molar-refractivity contribution < 1.29 is 22.9 Å². The van der Waals surface area contributed by atoms with E-state index in [-0.39, 0.29) is 17.3 Å². The topological polar surface area (TPSA) is 60.2 Å². The van der Waals surface area contributed by atoms with Crippen molar-refractivity contribution in [2.24, 2.45) is 0 Å². The van der Waals surface area contributed by atoms with Crippen LogP contribution in [0.2, 0.25) is 0 Å². The number of halogens is 3. The van der Waals surface area contributed by atoms with E-state index in [0.717, 1.165) is 12.1 Å². The maximum atomic E-state index is 11.8. The number of ketones is 1. The zero-order valence-electron chi connectivity index (χ0n) is 8.27. The standard InChI is InChI=1S/C10H6F3NO3/c11-10(12,13)5-4-9(15)7-2-1-3-8(6-7)14(16)17/h1-6H/b5-4+. The summed E-state index contributed by atoms with van der Waals surface area (Å²) >= 11 is 0. The SMILES string of the molecule is O=C(/C=C/C(F)(F)F)c1cccc([N+](=O)[O-])c1. The van der Waals surface area contributed by atoms with Crippen molar-refractivity contribution in [1.82, 2.24) is 0 Å².